The molecular weight excluding hydrogens is 374 g/mol. The van der Waals surface area contributed by atoms with E-state index in [1.807, 2.05) is 6.07 Å². The molecule has 5 nitrogen and oxygen atoms in total. The van der Waals surface area contributed by atoms with Crippen LogP contribution in [0.3, 0.4) is 0 Å². The standard InChI is InChI=1S/C18H22BrNO4/c1-23-14-6-10-12-5-9-11(19)7-15(24-2)17(22)16(9)18(10,3-4-20-12)8-13(14)21/h7,10,12,14,20,22H,3-6,8H2,1-2H3. The highest BCUT2D eigenvalue weighted by Crippen LogP contribution is 2.58. The third kappa shape index (κ3) is 2.09. The first kappa shape index (κ1) is 16.4. The highest BCUT2D eigenvalue weighted by atomic mass is 79.9. The van der Waals surface area contributed by atoms with Gasteiger partial charge >= 0.3 is 0 Å². The van der Waals surface area contributed by atoms with Crippen LogP contribution < -0.4 is 10.1 Å². The highest BCUT2D eigenvalue weighted by Gasteiger charge is 2.57. The van der Waals surface area contributed by atoms with E-state index in [1.54, 1.807) is 14.2 Å². The van der Waals surface area contributed by atoms with Gasteiger partial charge in [0.05, 0.1) is 7.11 Å². The number of ketones is 1. The summed E-state index contributed by atoms with van der Waals surface area (Å²) in [6, 6.07) is 2.13. The van der Waals surface area contributed by atoms with Crippen molar-refractivity contribution in [2.75, 3.05) is 20.8 Å². The van der Waals surface area contributed by atoms with E-state index in [1.165, 1.54) is 0 Å². The second-order valence-corrected chi connectivity index (χ2v) is 8.00. The molecule has 0 spiro atoms. The number of benzene rings is 1. The third-order valence-electron chi connectivity index (χ3n) is 6.23. The lowest BCUT2D eigenvalue weighted by atomic mass is 9.52. The molecule has 0 aromatic heterocycles. The smallest absolute Gasteiger partial charge is 0.162 e. The molecule has 2 aliphatic carbocycles. The molecule has 4 atom stereocenters. The van der Waals surface area contributed by atoms with Crippen molar-refractivity contribution in [3.05, 3.63) is 21.7 Å². The Morgan fingerprint density at radius 3 is 2.92 bits per heavy atom. The molecule has 1 aliphatic heterocycles. The van der Waals surface area contributed by atoms with Crippen LogP contribution in [-0.4, -0.2) is 43.8 Å². The van der Waals surface area contributed by atoms with Crippen molar-refractivity contribution < 1.29 is 19.4 Å². The number of Topliss-reactive ketones (excluding diaryl/α,β-unsaturated/α-hetero) is 1. The Hall–Kier alpha value is -1.11. The predicted octanol–water partition coefficient (Wildman–Crippen LogP) is 2.31. The monoisotopic (exact) mass is 395 g/mol. The van der Waals surface area contributed by atoms with Crippen LogP contribution in [0.1, 0.15) is 30.4 Å². The van der Waals surface area contributed by atoms with E-state index < -0.39 is 0 Å². The Morgan fingerprint density at radius 1 is 1.42 bits per heavy atom. The quantitative estimate of drug-likeness (QED) is 0.803. The fourth-order valence-corrected chi connectivity index (χ4v) is 5.77. The van der Waals surface area contributed by atoms with Crippen molar-refractivity contribution >= 4 is 21.7 Å². The number of halogens is 1. The van der Waals surface area contributed by atoms with Gasteiger partial charge in [0.2, 0.25) is 0 Å². The average molecular weight is 396 g/mol. The Labute approximate surface area is 149 Å². The molecule has 2 N–H and O–H groups in total. The molecule has 1 aromatic rings. The Balaban J connectivity index is 1.94. The van der Waals surface area contributed by atoms with E-state index in [0.717, 1.165) is 35.0 Å². The van der Waals surface area contributed by atoms with Crippen LogP contribution >= 0.6 is 15.9 Å². The normalized spacial score (nSPS) is 34.5. The predicted molar refractivity (Wildman–Crippen MR) is 92.7 cm³/mol. The lowest BCUT2D eigenvalue weighted by Crippen LogP contribution is -2.63. The summed E-state index contributed by atoms with van der Waals surface area (Å²) in [5, 5.41) is 14.5. The molecule has 6 heteroatoms. The van der Waals surface area contributed by atoms with Crippen molar-refractivity contribution in [2.24, 2.45) is 5.92 Å². The number of hydrogen-bond donors (Lipinski definition) is 2. The summed E-state index contributed by atoms with van der Waals surface area (Å²) in [7, 11) is 3.17. The van der Waals surface area contributed by atoms with Gasteiger partial charge in [0.25, 0.3) is 0 Å². The number of phenolic OH excluding ortho intramolecular Hbond substituents is 1. The molecule has 24 heavy (non-hydrogen) atoms. The van der Waals surface area contributed by atoms with E-state index >= 15 is 0 Å². The molecule has 2 fully saturated rings. The van der Waals surface area contributed by atoms with Crippen molar-refractivity contribution in [1.82, 2.24) is 5.32 Å². The summed E-state index contributed by atoms with van der Waals surface area (Å²) in [4.78, 5) is 12.7. The molecule has 1 heterocycles. The van der Waals surface area contributed by atoms with Gasteiger partial charge in [0.15, 0.2) is 17.3 Å². The fourth-order valence-electron chi connectivity index (χ4n) is 5.20. The molecule has 3 aliphatic rings. The van der Waals surface area contributed by atoms with Gasteiger partial charge in [0.1, 0.15) is 6.10 Å². The van der Waals surface area contributed by atoms with Crippen LogP contribution in [0, 0.1) is 5.92 Å². The van der Waals surface area contributed by atoms with Gasteiger partial charge in [0, 0.05) is 35.0 Å². The number of carbonyl (C=O) groups is 1. The Kier molecular flexibility index (Phi) is 3.90. The Bertz CT molecular complexity index is 707. The van der Waals surface area contributed by atoms with Crippen LogP contribution in [0.15, 0.2) is 10.5 Å². The molecule has 0 amide bonds. The summed E-state index contributed by atoms with van der Waals surface area (Å²) in [6.45, 7) is 0.861. The first-order chi connectivity index (χ1) is 11.5. The second kappa shape index (κ2) is 5.71. The summed E-state index contributed by atoms with van der Waals surface area (Å²) >= 11 is 3.64. The number of nitrogens with one attached hydrogen (secondary N) is 1. The number of aromatic hydroxyl groups is 1. The number of hydrogen-bond acceptors (Lipinski definition) is 5. The minimum atomic E-state index is -0.330. The number of methoxy groups -OCH3 is 2. The fraction of sp³-hybridized carbons (Fsp3) is 0.611. The SMILES string of the molecule is COc1cc(Br)c2c(c1O)C13CCNC(C2)C1CC(OC)C(=O)C3. The van der Waals surface area contributed by atoms with Gasteiger partial charge in [-0.3, -0.25) is 4.79 Å². The number of carbonyl (C=O) groups excluding carboxylic acids is 1. The van der Waals surface area contributed by atoms with Crippen molar-refractivity contribution in [3.63, 3.8) is 0 Å². The number of ether oxygens (including phenoxy) is 2. The molecule has 130 valence electrons. The van der Waals surface area contributed by atoms with Crippen LogP contribution in [0.4, 0.5) is 0 Å². The molecule has 2 bridgehead atoms. The highest BCUT2D eigenvalue weighted by molar-refractivity contribution is 9.10. The third-order valence-corrected chi connectivity index (χ3v) is 6.94. The van der Waals surface area contributed by atoms with Gasteiger partial charge in [-0.15, -0.1) is 0 Å². The van der Waals surface area contributed by atoms with Crippen molar-refractivity contribution in [1.29, 1.82) is 0 Å². The summed E-state index contributed by atoms with van der Waals surface area (Å²) in [5.41, 5.74) is 1.70. The van der Waals surface area contributed by atoms with E-state index in [4.69, 9.17) is 9.47 Å². The molecule has 4 unspecified atom stereocenters. The maximum atomic E-state index is 12.7. The van der Waals surface area contributed by atoms with E-state index in [2.05, 4.69) is 21.2 Å². The summed E-state index contributed by atoms with van der Waals surface area (Å²) < 4.78 is 11.7. The van der Waals surface area contributed by atoms with Gasteiger partial charge < -0.3 is 19.9 Å². The van der Waals surface area contributed by atoms with Crippen LogP contribution in [-0.2, 0) is 21.4 Å². The lowest BCUT2D eigenvalue weighted by molar-refractivity contribution is -0.138. The maximum Gasteiger partial charge on any atom is 0.162 e. The lowest BCUT2D eigenvalue weighted by Gasteiger charge is -2.56. The molecule has 0 radical (unpaired) electrons. The number of rotatable bonds is 2. The van der Waals surface area contributed by atoms with Gasteiger partial charge in [-0.2, -0.15) is 0 Å². The van der Waals surface area contributed by atoms with Gasteiger partial charge in [-0.05, 0) is 43.4 Å². The second-order valence-electron chi connectivity index (χ2n) is 7.14. The Morgan fingerprint density at radius 2 is 2.21 bits per heavy atom. The first-order valence-electron chi connectivity index (χ1n) is 8.39. The van der Waals surface area contributed by atoms with Gasteiger partial charge in [-0.1, -0.05) is 15.9 Å². The molecule has 1 saturated carbocycles. The van der Waals surface area contributed by atoms with E-state index in [-0.39, 0.29) is 29.0 Å². The zero-order valence-electron chi connectivity index (χ0n) is 13.9. The molecule has 1 aromatic carbocycles. The number of fused-ring (bicyclic) bond motifs is 1. The van der Waals surface area contributed by atoms with Gasteiger partial charge in [-0.25, -0.2) is 0 Å². The zero-order valence-corrected chi connectivity index (χ0v) is 15.5. The van der Waals surface area contributed by atoms with E-state index in [9.17, 15) is 9.90 Å². The zero-order chi connectivity index (χ0) is 17.1. The summed E-state index contributed by atoms with van der Waals surface area (Å²) in [5.74, 6) is 1.09. The average Bonchev–Trinajstić information content (AvgIpc) is 2.56. The number of piperidine rings is 1. The minimum Gasteiger partial charge on any atom is -0.504 e. The largest absolute Gasteiger partial charge is 0.504 e. The van der Waals surface area contributed by atoms with Crippen LogP contribution in [0.5, 0.6) is 11.5 Å². The minimum absolute atomic E-state index is 0.139. The van der Waals surface area contributed by atoms with Crippen molar-refractivity contribution in [2.45, 2.75) is 43.2 Å². The van der Waals surface area contributed by atoms with Crippen molar-refractivity contribution in [3.8, 4) is 11.5 Å². The topological polar surface area (TPSA) is 67.8 Å². The first-order valence-corrected chi connectivity index (χ1v) is 9.19. The van der Waals surface area contributed by atoms with E-state index in [0.29, 0.717) is 24.6 Å². The van der Waals surface area contributed by atoms with Crippen LogP contribution in [0.25, 0.3) is 0 Å². The summed E-state index contributed by atoms with van der Waals surface area (Å²) in [6.07, 6.45) is 2.49. The number of phenols is 1. The van der Waals surface area contributed by atoms with Crippen LogP contribution in [0.2, 0.25) is 0 Å². The molecular formula is C18H22BrNO4. The molecule has 4 rings (SSSR count). The molecule has 1 saturated heterocycles. The maximum absolute atomic E-state index is 12.7.